The molecule has 0 fully saturated rings. The van der Waals surface area contributed by atoms with Crippen molar-refractivity contribution in [2.75, 3.05) is 11.9 Å². The molecular formula is C17H21N3O3. The molecule has 23 heavy (non-hydrogen) atoms. The summed E-state index contributed by atoms with van der Waals surface area (Å²) in [6.07, 6.45) is 0.917. The number of nitrogens with zero attached hydrogens (tertiary/aromatic N) is 1. The van der Waals surface area contributed by atoms with Crippen molar-refractivity contribution in [3.05, 3.63) is 46.8 Å². The van der Waals surface area contributed by atoms with E-state index in [-0.39, 0.29) is 5.91 Å². The number of aryl methyl sites for hydroxylation is 2. The Kier molecular flexibility index (Phi) is 5.51. The van der Waals surface area contributed by atoms with Crippen LogP contribution < -0.4 is 5.32 Å². The van der Waals surface area contributed by atoms with Gasteiger partial charge in [-0.15, -0.1) is 0 Å². The van der Waals surface area contributed by atoms with Crippen molar-refractivity contribution in [3.8, 4) is 0 Å². The standard InChI is InChI=1S/C17H21N3O3/c1-4-23-17(22)14-7-5-6-8-15(14)18-16(21)10-9-13-11(2)19-20-12(13)3/h5-8H,4,9-10H2,1-3H3,(H,18,21)(H,19,20). The molecule has 0 saturated heterocycles. The molecule has 1 heterocycles. The van der Waals surface area contributed by atoms with Gasteiger partial charge in [-0.05, 0) is 44.9 Å². The quantitative estimate of drug-likeness (QED) is 0.803. The molecule has 0 saturated carbocycles. The van der Waals surface area contributed by atoms with Crippen LogP contribution in [-0.2, 0) is 16.0 Å². The number of rotatable bonds is 6. The van der Waals surface area contributed by atoms with Crippen molar-refractivity contribution < 1.29 is 14.3 Å². The summed E-state index contributed by atoms with van der Waals surface area (Å²) < 4.78 is 5.00. The van der Waals surface area contributed by atoms with Gasteiger partial charge in [-0.3, -0.25) is 9.89 Å². The summed E-state index contributed by atoms with van der Waals surface area (Å²) >= 11 is 0. The highest BCUT2D eigenvalue weighted by atomic mass is 16.5. The third kappa shape index (κ3) is 4.18. The number of aromatic amines is 1. The Balaban J connectivity index is 2.02. The highest BCUT2D eigenvalue weighted by Crippen LogP contribution is 2.17. The van der Waals surface area contributed by atoms with E-state index in [9.17, 15) is 9.59 Å². The molecule has 0 bridgehead atoms. The Labute approximate surface area is 135 Å². The molecule has 2 rings (SSSR count). The van der Waals surface area contributed by atoms with Crippen molar-refractivity contribution in [2.45, 2.75) is 33.6 Å². The number of esters is 1. The van der Waals surface area contributed by atoms with Crippen LogP contribution in [-0.4, -0.2) is 28.7 Å². The molecule has 0 unspecified atom stereocenters. The lowest BCUT2D eigenvalue weighted by Crippen LogP contribution is -2.16. The van der Waals surface area contributed by atoms with E-state index in [4.69, 9.17) is 4.74 Å². The van der Waals surface area contributed by atoms with Crippen LogP contribution in [0.4, 0.5) is 5.69 Å². The number of anilines is 1. The zero-order valence-electron chi connectivity index (χ0n) is 13.6. The highest BCUT2D eigenvalue weighted by molar-refractivity contribution is 6.01. The molecule has 1 aromatic carbocycles. The molecule has 2 aromatic rings. The molecule has 0 atom stereocenters. The van der Waals surface area contributed by atoms with Crippen LogP contribution in [0.5, 0.6) is 0 Å². The van der Waals surface area contributed by atoms with Crippen LogP contribution in [0.25, 0.3) is 0 Å². The molecule has 6 nitrogen and oxygen atoms in total. The van der Waals surface area contributed by atoms with Gasteiger partial charge < -0.3 is 10.1 Å². The van der Waals surface area contributed by atoms with E-state index in [0.29, 0.717) is 30.7 Å². The van der Waals surface area contributed by atoms with E-state index in [1.54, 1.807) is 31.2 Å². The summed E-state index contributed by atoms with van der Waals surface area (Å²) in [6.45, 7) is 5.88. The lowest BCUT2D eigenvalue weighted by atomic mass is 10.1. The number of hydrogen-bond acceptors (Lipinski definition) is 4. The minimum Gasteiger partial charge on any atom is -0.462 e. The topological polar surface area (TPSA) is 84.1 Å². The fraction of sp³-hybridized carbons (Fsp3) is 0.353. The first-order valence-corrected chi connectivity index (χ1v) is 7.59. The molecule has 0 aliphatic carbocycles. The normalized spacial score (nSPS) is 10.4. The summed E-state index contributed by atoms with van der Waals surface area (Å²) in [6, 6.07) is 6.83. The van der Waals surface area contributed by atoms with Crippen molar-refractivity contribution in [2.24, 2.45) is 0 Å². The zero-order valence-corrected chi connectivity index (χ0v) is 13.6. The summed E-state index contributed by atoms with van der Waals surface area (Å²) in [5.41, 5.74) is 3.76. The third-order valence-corrected chi connectivity index (χ3v) is 3.58. The molecule has 0 aliphatic heterocycles. The maximum absolute atomic E-state index is 12.2. The predicted molar refractivity (Wildman–Crippen MR) is 87.4 cm³/mol. The number of carbonyl (C=O) groups excluding carboxylic acids is 2. The number of aromatic nitrogens is 2. The zero-order chi connectivity index (χ0) is 16.8. The first kappa shape index (κ1) is 16.7. The van der Waals surface area contributed by atoms with Gasteiger partial charge >= 0.3 is 5.97 Å². The summed E-state index contributed by atoms with van der Waals surface area (Å²) in [5.74, 6) is -0.591. The van der Waals surface area contributed by atoms with Crippen molar-refractivity contribution in [3.63, 3.8) is 0 Å². The van der Waals surface area contributed by atoms with Gasteiger partial charge in [-0.1, -0.05) is 12.1 Å². The van der Waals surface area contributed by atoms with Crippen LogP contribution in [0.3, 0.4) is 0 Å². The molecule has 0 aliphatic rings. The minimum atomic E-state index is -0.440. The molecule has 0 spiro atoms. The van der Waals surface area contributed by atoms with Crippen LogP contribution in [0.15, 0.2) is 24.3 Å². The average Bonchev–Trinajstić information content (AvgIpc) is 2.84. The van der Waals surface area contributed by atoms with E-state index >= 15 is 0 Å². The van der Waals surface area contributed by atoms with Crippen molar-refractivity contribution >= 4 is 17.6 Å². The summed E-state index contributed by atoms with van der Waals surface area (Å²) in [5, 5.41) is 9.80. The van der Waals surface area contributed by atoms with E-state index in [2.05, 4.69) is 15.5 Å². The molecule has 1 aromatic heterocycles. The maximum Gasteiger partial charge on any atom is 0.340 e. The van der Waals surface area contributed by atoms with E-state index in [1.165, 1.54) is 0 Å². The second-order valence-electron chi connectivity index (χ2n) is 5.23. The number of amides is 1. The van der Waals surface area contributed by atoms with Gasteiger partial charge in [0.25, 0.3) is 0 Å². The number of ether oxygens (including phenoxy) is 1. The highest BCUT2D eigenvalue weighted by Gasteiger charge is 2.14. The lowest BCUT2D eigenvalue weighted by Gasteiger charge is -2.10. The van der Waals surface area contributed by atoms with Crippen LogP contribution in [0.1, 0.15) is 40.7 Å². The molecule has 0 radical (unpaired) electrons. The largest absolute Gasteiger partial charge is 0.462 e. The van der Waals surface area contributed by atoms with E-state index in [0.717, 1.165) is 17.0 Å². The maximum atomic E-state index is 12.2. The fourth-order valence-electron chi connectivity index (χ4n) is 2.37. The van der Waals surface area contributed by atoms with Gasteiger partial charge in [0.15, 0.2) is 0 Å². The van der Waals surface area contributed by atoms with Crippen LogP contribution in [0, 0.1) is 13.8 Å². The Morgan fingerprint density at radius 3 is 2.65 bits per heavy atom. The smallest absolute Gasteiger partial charge is 0.340 e. The molecule has 6 heteroatoms. The minimum absolute atomic E-state index is 0.151. The average molecular weight is 315 g/mol. The molecule has 122 valence electrons. The summed E-state index contributed by atoms with van der Waals surface area (Å²) in [4.78, 5) is 24.1. The monoisotopic (exact) mass is 315 g/mol. The van der Waals surface area contributed by atoms with Gasteiger partial charge in [0.05, 0.1) is 23.6 Å². The Hall–Kier alpha value is -2.63. The molecule has 2 N–H and O–H groups in total. The van der Waals surface area contributed by atoms with Crippen LogP contribution >= 0.6 is 0 Å². The number of carbonyl (C=O) groups is 2. The van der Waals surface area contributed by atoms with Crippen molar-refractivity contribution in [1.82, 2.24) is 10.2 Å². The van der Waals surface area contributed by atoms with Gasteiger partial charge in [-0.2, -0.15) is 5.10 Å². The number of para-hydroxylation sites is 1. The van der Waals surface area contributed by atoms with Gasteiger partial charge in [0, 0.05) is 12.1 Å². The molecular weight excluding hydrogens is 294 g/mol. The fourth-order valence-corrected chi connectivity index (χ4v) is 2.37. The Morgan fingerprint density at radius 2 is 2.00 bits per heavy atom. The second-order valence-corrected chi connectivity index (χ2v) is 5.23. The first-order chi connectivity index (χ1) is 11.0. The Morgan fingerprint density at radius 1 is 1.26 bits per heavy atom. The SMILES string of the molecule is CCOC(=O)c1ccccc1NC(=O)CCc1c(C)n[nH]c1C. The molecule has 1 amide bonds. The number of H-pyrrole nitrogens is 1. The van der Waals surface area contributed by atoms with Crippen LogP contribution in [0.2, 0.25) is 0 Å². The number of benzene rings is 1. The van der Waals surface area contributed by atoms with Gasteiger partial charge in [0.1, 0.15) is 0 Å². The third-order valence-electron chi connectivity index (χ3n) is 3.58. The van der Waals surface area contributed by atoms with Gasteiger partial charge in [0.2, 0.25) is 5.91 Å². The van der Waals surface area contributed by atoms with E-state index < -0.39 is 5.97 Å². The second kappa shape index (κ2) is 7.58. The predicted octanol–water partition coefficient (Wildman–Crippen LogP) is 2.77. The summed E-state index contributed by atoms with van der Waals surface area (Å²) in [7, 11) is 0. The van der Waals surface area contributed by atoms with Crippen molar-refractivity contribution in [1.29, 1.82) is 0 Å². The number of hydrogen-bond donors (Lipinski definition) is 2. The Bertz CT molecular complexity index is 687. The van der Waals surface area contributed by atoms with E-state index in [1.807, 2.05) is 13.8 Å². The number of nitrogens with one attached hydrogen (secondary N) is 2. The first-order valence-electron chi connectivity index (χ1n) is 7.59. The lowest BCUT2D eigenvalue weighted by molar-refractivity contribution is -0.116. The van der Waals surface area contributed by atoms with Gasteiger partial charge in [-0.25, -0.2) is 4.79 Å².